The molecule has 1 aliphatic heterocycles. The van der Waals surface area contributed by atoms with Gasteiger partial charge in [-0.15, -0.1) is 0 Å². The zero-order valence-corrected chi connectivity index (χ0v) is 14.5. The molecule has 23 heavy (non-hydrogen) atoms. The molecule has 0 radical (unpaired) electrons. The Hall–Kier alpha value is -1.15. The van der Waals surface area contributed by atoms with E-state index in [2.05, 4.69) is 4.72 Å². The van der Waals surface area contributed by atoms with Gasteiger partial charge in [0.05, 0.1) is 0 Å². The largest absolute Gasteiger partial charge is 0.480 e. The van der Waals surface area contributed by atoms with Crippen molar-refractivity contribution in [3.8, 4) is 0 Å². The van der Waals surface area contributed by atoms with Crippen LogP contribution >= 0.6 is 0 Å². The highest BCUT2D eigenvalue weighted by atomic mass is 32.2. The molecule has 0 aromatic rings. The number of carboxylic acid groups (broad SMARTS) is 1. The predicted molar refractivity (Wildman–Crippen MR) is 85.3 cm³/mol. The molecule has 2 fully saturated rings. The number of sulfonamides is 1. The number of likely N-dealkylation sites (tertiary alicyclic amines) is 1. The summed E-state index contributed by atoms with van der Waals surface area (Å²) in [5.41, 5.74) is 0. The Bertz CT molecular complexity index is 548. The summed E-state index contributed by atoms with van der Waals surface area (Å²) in [6, 6.07) is -1.11. The van der Waals surface area contributed by atoms with Crippen molar-refractivity contribution >= 4 is 21.9 Å². The second-order valence-electron chi connectivity index (χ2n) is 7.03. The molecule has 1 aliphatic carbocycles. The second-order valence-corrected chi connectivity index (χ2v) is 9.02. The van der Waals surface area contributed by atoms with E-state index in [1.807, 2.05) is 13.8 Å². The van der Waals surface area contributed by atoms with Gasteiger partial charge in [-0.25, -0.2) is 13.1 Å². The van der Waals surface area contributed by atoms with Gasteiger partial charge in [0.25, 0.3) is 0 Å². The Balaban J connectivity index is 1.89. The number of carbonyl (C=O) groups excluding carboxylic acids is 1. The lowest BCUT2D eigenvalue weighted by Gasteiger charge is -2.40. The lowest BCUT2D eigenvalue weighted by atomic mass is 10.0. The Kier molecular flexibility index (Phi) is 5.67. The Labute approximate surface area is 137 Å². The molecule has 0 unspecified atom stereocenters. The number of nitrogens with zero attached hydrogens (tertiary/aromatic N) is 1. The van der Waals surface area contributed by atoms with E-state index in [0.717, 1.165) is 25.7 Å². The van der Waals surface area contributed by atoms with Crippen LogP contribution in [0.15, 0.2) is 0 Å². The maximum Gasteiger partial charge on any atom is 0.321 e. The Morgan fingerprint density at radius 2 is 1.78 bits per heavy atom. The summed E-state index contributed by atoms with van der Waals surface area (Å²) in [5.74, 6) is -1.01. The van der Waals surface area contributed by atoms with Gasteiger partial charge >= 0.3 is 5.97 Å². The average Bonchev–Trinajstić information content (AvgIpc) is 2.88. The van der Waals surface area contributed by atoms with Gasteiger partial charge in [-0.2, -0.15) is 0 Å². The second kappa shape index (κ2) is 7.17. The third-order valence-corrected chi connectivity index (χ3v) is 6.40. The first-order chi connectivity index (χ1) is 10.7. The van der Waals surface area contributed by atoms with Crippen LogP contribution in [0.2, 0.25) is 0 Å². The minimum absolute atomic E-state index is 0.0410. The van der Waals surface area contributed by atoms with Crippen LogP contribution in [-0.2, 0) is 19.6 Å². The van der Waals surface area contributed by atoms with E-state index in [9.17, 15) is 18.0 Å². The summed E-state index contributed by atoms with van der Waals surface area (Å²) in [4.78, 5) is 25.0. The fourth-order valence-electron chi connectivity index (χ4n) is 3.21. The Morgan fingerprint density at radius 1 is 1.22 bits per heavy atom. The molecule has 2 aliphatic rings. The maximum absolute atomic E-state index is 12.3. The minimum Gasteiger partial charge on any atom is -0.480 e. The van der Waals surface area contributed by atoms with Gasteiger partial charge in [0, 0.05) is 19.0 Å². The monoisotopic (exact) mass is 346 g/mol. The summed E-state index contributed by atoms with van der Waals surface area (Å²) in [5, 5.41) is 8.44. The summed E-state index contributed by atoms with van der Waals surface area (Å²) < 4.78 is 26.9. The number of carbonyl (C=O) groups is 2. The Morgan fingerprint density at radius 3 is 2.26 bits per heavy atom. The van der Waals surface area contributed by atoms with Crippen LogP contribution < -0.4 is 4.72 Å². The highest BCUT2D eigenvalue weighted by Crippen LogP contribution is 2.29. The van der Waals surface area contributed by atoms with Crippen molar-refractivity contribution in [2.45, 2.75) is 57.2 Å². The van der Waals surface area contributed by atoms with Crippen LogP contribution in [0.5, 0.6) is 0 Å². The zero-order valence-electron chi connectivity index (χ0n) is 13.7. The molecule has 1 heterocycles. The van der Waals surface area contributed by atoms with Gasteiger partial charge in [-0.05, 0) is 25.2 Å². The minimum atomic E-state index is -3.73. The van der Waals surface area contributed by atoms with Crippen molar-refractivity contribution < 1.29 is 23.1 Å². The highest BCUT2D eigenvalue weighted by molar-refractivity contribution is 7.90. The molecule has 1 saturated carbocycles. The van der Waals surface area contributed by atoms with Crippen molar-refractivity contribution in [1.82, 2.24) is 9.62 Å². The topological polar surface area (TPSA) is 104 Å². The molecule has 1 saturated heterocycles. The van der Waals surface area contributed by atoms with Crippen molar-refractivity contribution in [3.05, 3.63) is 0 Å². The smallest absolute Gasteiger partial charge is 0.321 e. The van der Waals surface area contributed by atoms with Crippen LogP contribution in [0.3, 0.4) is 0 Å². The zero-order chi connectivity index (χ0) is 17.2. The molecule has 0 bridgehead atoms. The van der Waals surface area contributed by atoms with Crippen LogP contribution in [0, 0.1) is 11.8 Å². The lowest BCUT2D eigenvalue weighted by Crippen LogP contribution is -2.61. The average molecular weight is 346 g/mol. The summed E-state index contributed by atoms with van der Waals surface area (Å²) in [7, 11) is -3.73. The third-order valence-electron chi connectivity index (χ3n) is 4.61. The molecule has 2 rings (SSSR count). The van der Waals surface area contributed by atoms with Crippen LogP contribution in [0.4, 0.5) is 0 Å². The maximum atomic E-state index is 12.3. The molecule has 132 valence electrons. The fourth-order valence-corrected chi connectivity index (χ4v) is 4.75. The molecule has 1 amide bonds. The van der Waals surface area contributed by atoms with Crippen molar-refractivity contribution in [3.63, 3.8) is 0 Å². The summed E-state index contributed by atoms with van der Waals surface area (Å²) in [6.07, 6.45) is 4.14. The number of carboxylic acids is 1. The standard InChI is InChI=1S/C15H26N2O5S/c1-10(2)7-13(15(19)20)16-23(21,22)12-8-17(9-12)14(18)11-5-3-4-6-11/h10-13,16H,3-9H2,1-2H3,(H,19,20)/t13-/m0/s1. The van der Waals surface area contributed by atoms with Gasteiger partial charge in [0.2, 0.25) is 15.9 Å². The van der Waals surface area contributed by atoms with Crippen LogP contribution in [0.25, 0.3) is 0 Å². The highest BCUT2D eigenvalue weighted by Gasteiger charge is 2.43. The predicted octanol–water partition coefficient (Wildman–Crippen LogP) is 0.806. The molecule has 0 aromatic carbocycles. The number of hydrogen-bond donors (Lipinski definition) is 2. The molecule has 0 spiro atoms. The molecular formula is C15H26N2O5S. The summed E-state index contributed by atoms with van der Waals surface area (Å²) in [6.45, 7) is 4.02. The number of hydrogen-bond acceptors (Lipinski definition) is 4. The summed E-state index contributed by atoms with van der Waals surface area (Å²) >= 11 is 0. The number of rotatable bonds is 7. The molecule has 7 nitrogen and oxygen atoms in total. The van der Waals surface area contributed by atoms with Gasteiger partial charge in [0.15, 0.2) is 0 Å². The van der Waals surface area contributed by atoms with E-state index in [4.69, 9.17) is 5.11 Å². The first-order valence-corrected chi connectivity index (χ1v) is 9.78. The van der Waals surface area contributed by atoms with Gasteiger partial charge in [0.1, 0.15) is 11.3 Å². The van der Waals surface area contributed by atoms with E-state index in [-0.39, 0.29) is 37.3 Å². The quantitative estimate of drug-likeness (QED) is 0.710. The third kappa shape index (κ3) is 4.44. The normalized spacial score (nSPS) is 21.4. The van der Waals surface area contributed by atoms with E-state index in [0.29, 0.717) is 0 Å². The lowest BCUT2D eigenvalue weighted by molar-refractivity contribution is -0.140. The van der Waals surface area contributed by atoms with Crippen LogP contribution in [0.1, 0.15) is 46.0 Å². The first-order valence-electron chi connectivity index (χ1n) is 8.23. The first kappa shape index (κ1) is 18.2. The number of aliphatic carboxylic acids is 1. The number of nitrogens with one attached hydrogen (secondary N) is 1. The van der Waals surface area contributed by atoms with Crippen LogP contribution in [-0.4, -0.2) is 54.7 Å². The SMILES string of the molecule is CC(C)C[C@H](NS(=O)(=O)C1CN(C(=O)C2CCCC2)C1)C(=O)O. The molecule has 8 heteroatoms. The van der Waals surface area contributed by atoms with Crippen molar-refractivity contribution in [1.29, 1.82) is 0 Å². The molecule has 0 aromatic heterocycles. The van der Waals surface area contributed by atoms with E-state index in [1.165, 1.54) is 0 Å². The van der Waals surface area contributed by atoms with Gasteiger partial charge < -0.3 is 10.0 Å². The number of amides is 1. The van der Waals surface area contributed by atoms with E-state index < -0.39 is 27.3 Å². The molecule has 1 atom stereocenters. The van der Waals surface area contributed by atoms with E-state index >= 15 is 0 Å². The fraction of sp³-hybridized carbons (Fsp3) is 0.867. The van der Waals surface area contributed by atoms with E-state index in [1.54, 1.807) is 4.90 Å². The van der Waals surface area contributed by atoms with Crippen molar-refractivity contribution in [2.75, 3.05) is 13.1 Å². The van der Waals surface area contributed by atoms with Gasteiger partial charge in [-0.3, -0.25) is 9.59 Å². The van der Waals surface area contributed by atoms with Gasteiger partial charge in [-0.1, -0.05) is 26.7 Å². The molecule has 2 N–H and O–H groups in total. The molecular weight excluding hydrogens is 320 g/mol. The van der Waals surface area contributed by atoms with Crippen molar-refractivity contribution in [2.24, 2.45) is 11.8 Å².